The van der Waals surface area contributed by atoms with E-state index in [2.05, 4.69) is 10.6 Å². The predicted molar refractivity (Wildman–Crippen MR) is 58.0 cm³/mol. The lowest BCUT2D eigenvalue weighted by atomic mass is 10.3. The van der Waals surface area contributed by atoms with Crippen molar-refractivity contribution in [1.82, 2.24) is 5.32 Å². The molecule has 14 heavy (non-hydrogen) atoms. The van der Waals surface area contributed by atoms with Crippen LogP contribution in [0, 0.1) is 0 Å². The molecule has 1 aromatic carbocycles. The Labute approximate surface area is 83.8 Å². The van der Waals surface area contributed by atoms with Gasteiger partial charge in [-0.15, -0.1) is 0 Å². The number of rotatable bonds is 2. The minimum absolute atomic E-state index is 0.225. The zero-order valence-electron chi connectivity index (χ0n) is 8.37. The summed E-state index contributed by atoms with van der Waals surface area (Å²) in [5, 5.41) is 5.32. The van der Waals surface area contributed by atoms with Gasteiger partial charge in [0, 0.05) is 11.9 Å². The highest BCUT2D eigenvalue weighted by molar-refractivity contribution is 5.89. The van der Waals surface area contributed by atoms with Crippen LogP contribution in [0.2, 0.25) is 0 Å². The Morgan fingerprint density at radius 2 is 1.86 bits per heavy atom. The van der Waals surface area contributed by atoms with E-state index in [0.29, 0.717) is 0 Å². The summed E-state index contributed by atoms with van der Waals surface area (Å²) in [5.41, 5.74) is 1.83. The maximum absolute atomic E-state index is 11.3. The van der Waals surface area contributed by atoms with E-state index in [9.17, 15) is 4.79 Å². The first-order valence-electron chi connectivity index (χ1n) is 4.44. The number of anilines is 1. The number of carbonyl (C=O) groups excluding carboxylic acids is 1. The Morgan fingerprint density at radius 3 is 2.43 bits per heavy atom. The van der Waals surface area contributed by atoms with Gasteiger partial charge in [-0.25, -0.2) is 4.79 Å². The first-order valence-corrected chi connectivity index (χ1v) is 4.44. The standard InChI is InChI=1S/C11H14N2O/c1-9(2)8-12-11(14)13-10-6-4-3-5-7-10/h3-8H,1-2H3,(H2,12,13,14). The average Bonchev–Trinajstić information content (AvgIpc) is 2.16. The van der Waals surface area contributed by atoms with E-state index in [0.717, 1.165) is 11.3 Å². The van der Waals surface area contributed by atoms with E-state index in [1.165, 1.54) is 0 Å². The van der Waals surface area contributed by atoms with Gasteiger partial charge in [-0.3, -0.25) is 0 Å². The number of carbonyl (C=O) groups is 1. The van der Waals surface area contributed by atoms with Gasteiger partial charge >= 0.3 is 6.03 Å². The molecule has 0 saturated carbocycles. The highest BCUT2D eigenvalue weighted by atomic mass is 16.2. The third-order valence-corrected chi connectivity index (χ3v) is 1.52. The van der Waals surface area contributed by atoms with Crippen LogP contribution in [0.1, 0.15) is 13.8 Å². The molecule has 0 aliphatic carbocycles. The van der Waals surface area contributed by atoms with Crippen LogP contribution in [0.5, 0.6) is 0 Å². The molecule has 0 heterocycles. The molecular formula is C11H14N2O. The van der Waals surface area contributed by atoms with Gasteiger partial charge in [-0.05, 0) is 26.0 Å². The molecule has 0 spiro atoms. The SMILES string of the molecule is CC(C)=CNC(=O)Nc1ccccc1. The number of urea groups is 1. The lowest BCUT2D eigenvalue weighted by molar-refractivity contribution is 0.255. The summed E-state index contributed by atoms with van der Waals surface area (Å²) in [6.45, 7) is 3.84. The molecule has 0 aliphatic heterocycles. The van der Waals surface area contributed by atoms with E-state index in [1.807, 2.05) is 44.2 Å². The van der Waals surface area contributed by atoms with E-state index >= 15 is 0 Å². The molecule has 1 rings (SSSR count). The lowest BCUT2D eigenvalue weighted by Crippen LogP contribution is -2.23. The Kier molecular flexibility index (Phi) is 3.73. The minimum Gasteiger partial charge on any atom is -0.314 e. The van der Waals surface area contributed by atoms with Crippen molar-refractivity contribution >= 4 is 11.7 Å². The third kappa shape index (κ3) is 3.76. The van der Waals surface area contributed by atoms with Gasteiger partial charge in [-0.1, -0.05) is 23.8 Å². The van der Waals surface area contributed by atoms with Crippen LogP contribution in [0.3, 0.4) is 0 Å². The van der Waals surface area contributed by atoms with Crippen molar-refractivity contribution in [1.29, 1.82) is 0 Å². The molecule has 0 aliphatic rings. The number of benzene rings is 1. The monoisotopic (exact) mass is 190 g/mol. The molecule has 2 amide bonds. The molecule has 0 unspecified atom stereocenters. The van der Waals surface area contributed by atoms with Crippen LogP contribution >= 0.6 is 0 Å². The first kappa shape index (κ1) is 10.3. The van der Waals surface area contributed by atoms with Crippen LogP contribution in [0.4, 0.5) is 10.5 Å². The van der Waals surface area contributed by atoms with Crippen molar-refractivity contribution in [3.8, 4) is 0 Å². The average molecular weight is 190 g/mol. The fourth-order valence-corrected chi connectivity index (χ4v) is 0.899. The van der Waals surface area contributed by atoms with Crippen LogP contribution in [0.25, 0.3) is 0 Å². The van der Waals surface area contributed by atoms with Crippen LogP contribution in [-0.2, 0) is 0 Å². The van der Waals surface area contributed by atoms with Gasteiger partial charge in [0.2, 0.25) is 0 Å². The van der Waals surface area contributed by atoms with Gasteiger partial charge in [0.15, 0.2) is 0 Å². The summed E-state index contributed by atoms with van der Waals surface area (Å²) in [5.74, 6) is 0. The molecule has 0 fully saturated rings. The van der Waals surface area contributed by atoms with Crippen molar-refractivity contribution in [2.45, 2.75) is 13.8 Å². The van der Waals surface area contributed by atoms with Crippen molar-refractivity contribution in [2.24, 2.45) is 0 Å². The summed E-state index contributed by atoms with van der Waals surface area (Å²) >= 11 is 0. The van der Waals surface area contributed by atoms with Crippen molar-refractivity contribution in [3.63, 3.8) is 0 Å². The highest BCUT2D eigenvalue weighted by Gasteiger charge is 1.96. The summed E-state index contributed by atoms with van der Waals surface area (Å²) < 4.78 is 0. The molecule has 74 valence electrons. The molecule has 2 N–H and O–H groups in total. The minimum atomic E-state index is -0.225. The summed E-state index contributed by atoms with van der Waals surface area (Å²) in [6, 6.07) is 9.09. The predicted octanol–water partition coefficient (Wildman–Crippen LogP) is 2.73. The second kappa shape index (κ2) is 5.07. The van der Waals surface area contributed by atoms with Gasteiger partial charge in [0.25, 0.3) is 0 Å². The van der Waals surface area contributed by atoms with Crippen molar-refractivity contribution in [2.75, 3.05) is 5.32 Å². The first-order chi connectivity index (χ1) is 6.68. The van der Waals surface area contributed by atoms with E-state index in [1.54, 1.807) is 6.20 Å². The number of amides is 2. The van der Waals surface area contributed by atoms with Crippen molar-refractivity contribution in [3.05, 3.63) is 42.1 Å². The van der Waals surface area contributed by atoms with Gasteiger partial charge < -0.3 is 10.6 Å². The molecule has 0 atom stereocenters. The largest absolute Gasteiger partial charge is 0.323 e. The second-order valence-corrected chi connectivity index (χ2v) is 3.19. The maximum atomic E-state index is 11.3. The molecule has 0 bridgehead atoms. The molecule has 0 saturated heterocycles. The smallest absolute Gasteiger partial charge is 0.314 e. The fraction of sp³-hybridized carbons (Fsp3) is 0.182. The number of hydrogen-bond acceptors (Lipinski definition) is 1. The Hall–Kier alpha value is -1.77. The number of nitrogens with one attached hydrogen (secondary N) is 2. The summed E-state index contributed by atoms with van der Waals surface area (Å²) in [7, 11) is 0. The maximum Gasteiger partial charge on any atom is 0.323 e. The Bertz CT molecular complexity index is 326. The normalized spacial score (nSPS) is 9.00. The molecule has 0 aromatic heterocycles. The van der Waals surface area contributed by atoms with Gasteiger partial charge in [0.05, 0.1) is 0 Å². The summed E-state index contributed by atoms with van der Waals surface area (Å²) in [6.07, 6.45) is 1.66. The topological polar surface area (TPSA) is 41.1 Å². The molecule has 3 nitrogen and oxygen atoms in total. The number of hydrogen-bond donors (Lipinski definition) is 2. The zero-order valence-corrected chi connectivity index (χ0v) is 8.37. The van der Waals surface area contributed by atoms with E-state index in [-0.39, 0.29) is 6.03 Å². The van der Waals surface area contributed by atoms with Crippen molar-refractivity contribution < 1.29 is 4.79 Å². The fourth-order valence-electron chi connectivity index (χ4n) is 0.899. The Balaban J connectivity index is 2.46. The summed E-state index contributed by atoms with van der Waals surface area (Å²) in [4.78, 5) is 11.3. The van der Waals surface area contributed by atoms with Gasteiger partial charge in [-0.2, -0.15) is 0 Å². The third-order valence-electron chi connectivity index (χ3n) is 1.52. The molecule has 0 radical (unpaired) electrons. The van der Waals surface area contributed by atoms with Gasteiger partial charge in [0.1, 0.15) is 0 Å². The van der Waals surface area contributed by atoms with Crippen LogP contribution < -0.4 is 10.6 Å². The van der Waals surface area contributed by atoms with Crippen LogP contribution in [-0.4, -0.2) is 6.03 Å². The van der Waals surface area contributed by atoms with Crippen LogP contribution in [0.15, 0.2) is 42.1 Å². The number of para-hydroxylation sites is 1. The quantitative estimate of drug-likeness (QED) is 0.739. The molecule has 1 aromatic rings. The molecular weight excluding hydrogens is 176 g/mol. The van der Waals surface area contributed by atoms with E-state index in [4.69, 9.17) is 0 Å². The highest BCUT2D eigenvalue weighted by Crippen LogP contribution is 2.03. The Morgan fingerprint density at radius 1 is 1.21 bits per heavy atom. The molecule has 3 heteroatoms. The number of allylic oxidation sites excluding steroid dienone is 1. The second-order valence-electron chi connectivity index (χ2n) is 3.19. The zero-order chi connectivity index (χ0) is 10.4. The lowest BCUT2D eigenvalue weighted by Gasteiger charge is -2.03. The van der Waals surface area contributed by atoms with E-state index < -0.39 is 0 Å².